The molecule has 2 unspecified atom stereocenters. The van der Waals surface area contributed by atoms with E-state index < -0.39 is 24.0 Å². The van der Waals surface area contributed by atoms with Gasteiger partial charge in [0.25, 0.3) is 0 Å². The molecule has 1 fully saturated rings. The van der Waals surface area contributed by atoms with Crippen LogP contribution in [0.1, 0.15) is 39.0 Å². The molecule has 1 saturated carbocycles. The molecule has 3 N–H and O–H groups in total. The van der Waals surface area contributed by atoms with Gasteiger partial charge in [0.1, 0.15) is 6.42 Å². The first-order valence-electron chi connectivity index (χ1n) is 5.84. The number of hydrogen-bond donors (Lipinski definition) is 2. The molecule has 1 amide bonds. The summed E-state index contributed by atoms with van der Waals surface area (Å²) in [6.07, 6.45) is -2.63. The van der Waals surface area contributed by atoms with E-state index in [9.17, 15) is 18.0 Å². The number of hydrogen-bond acceptors (Lipinski definition) is 2. The zero-order valence-electron chi connectivity index (χ0n) is 9.94. The van der Waals surface area contributed by atoms with Gasteiger partial charge in [-0.1, -0.05) is 19.8 Å². The van der Waals surface area contributed by atoms with E-state index in [1.807, 2.05) is 6.92 Å². The van der Waals surface area contributed by atoms with Crippen molar-refractivity contribution in [1.82, 2.24) is 5.32 Å². The van der Waals surface area contributed by atoms with E-state index in [1.165, 1.54) is 0 Å². The molecule has 0 bridgehead atoms. The number of nitrogens with one attached hydrogen (secondary N) is 1. The van der Waals surface area contributed by atoms with Crippen molar-refractivity contribution in [3.05, 3.63) is 0 Å². The molecule has 0 aromatic heterocycles. The van der Waals surface area contributed by atoms with Gasteiger partial charge in [0.2, 0.25) is 5.91 Å². The van der Waals surface area contributed by atoms with Gasteiger partial charge in [-0.3, -0.25) is 4.79 Å². The fourth-order valence-corrected chi connectivity index (χ4v) is 2.53. The molecule has 6 heteroatoms. The maximum Gasteiger partial charge on any atom is 0.397 e. The highest BCUT2D eigenvalue weighted by Crippen LogP contribution is 2.32. The second-order valence-electron chi connectivity index (χ2n) is 5.03. The summed E-state index contributed by atoms with van der Waals surface area (Å²) in [4.78, 5) is 11.3. The summed E-state index contributed by atoms with van der Waals surface area (Å²) in [7, 11) is 0. The Labute approximate surface area is 98.9 Å². The van der Waals surface area contributed by atoms with E-state index in [0.717, 1.165) is 12.8 Å². The molecule has 100 valence electrons. The van der Waals surface area contributed by atoms with Crippen LogP contribution in [0.3, 0.4) is 0 Å². The Balaban J connectivity index is 2.59. The van der Waals surface area contributed by atoms with Gasteiger partial charge in [-0.05, 0) is 18.8 Å². The first-order chi connectivity index (χ1) is 7.76. The third-order valence-corrected chi connectivity index (χ3v) is 3.25. The van der Waals surface area contributed by atoms with E-state index >= 15 is 0 Å². The molecule has 1 aliphatic carbocycles. The summed E-state index contributed by atoms with van der Waals surface area (Å²) in [5.41, 5.74) is 4.98. The number of nitrogens with two attached hydrogens (primary N) is 1. The van der Waals surface area contributed by atoms with Gasteiger partial charge in [0, 0.05) is 6.54 Å². The smallest absolute Gasteiger partial charge is 0.349 e. The first kappa shape index (κ1) is 14.3. The van der Waals surface area contributed by atoms with E-state index in [2.05, 4.69) is 5.32 Å². The minimum Gasteiger partial charge on any atom is -0.349 e. The Bertz CT molecular complexity index is 280. The zero-order valence-corrected chi connectivity index (χ0v) is 9.94. The van der Waals surface area contributed by atoms with Gasteiger partial charge in [0.05, 0.1) is 5.54 Å². The average Bonchev–Trinajstić information content (AvgIpc) is 2.14. The number of carbonyl (C=O) groups is 1. The predicted octanol–water partition coefficient (Wildman–Crippen LogP) is 1.96. The molecular formula is C11H19F3N2O. The molecule has 2 atom stereocenters. The quantitative estimate of drug-likeness (QED) is 0.806. The van der Waals surface area contributed by atoms with Crippen molar-refractivity contribution in [3.8, 4) is 0 Å². The highest BCUT2D eigenvalue weighted by atomic mass is 19.4. The Hall–Kier alpha value is -0.780. The first-order valence-corrected chi connectivity index (χ1v) is 5.84. The van der Waals surface area contributed by atoms with Crippen LogP contribution in [0.2, 0.25) is 0 Å². The summed E-state index contributed by atoms with van der Waals surface area (Å²) >= 11 is 0. The molecular weight excluding hydrogens is 233 g/mol. The van der Waals surface area contributed by atoms with Crippen LogP contribution in [-0.2, 0) is 4.79 Å². The summed E-state index contributed by atoms with van der Waals surface area (Å²) in [5, 5.41) is 2.49. The second kappa shape index (κ2) is 5.25. The van der Waals surface area contributed by atoms with Gasteiger partial charge < -0.3 is 11.1 Å². The molecule has 0 radical (unpaired) electrons. The molecule has 0 aliphatic heterocycles. The Morgan fingerprint density at radius 1 is 1.53 bits per heavy atom. The number of rotatable bonds is 3. The second-order valence-corrected chi connectivity index (χ2v) is 5.03. The van der Waals surface area contributed by atoms with Crippen molar-refractivity contribution in [1.29, 1.82) is 0 Å². The number of halogens is 3. The monoisotopic (exact) mass is 252 g/mol. The Morgan fingerprint density at radius 2 is 2.18 bits per heavy atom. The van der Waals surface area contributed by atoms with Gasteiger partial charge >= 0.3 is 6.18 Å². The van der Waals surface area contributed by atoms with Crippen LogP contribution in [0.15, 0.2) is 0 Å². The summed E-state index contributed by atoms with van der Waals surface area (Å²) in [5.74, 6) is -0.587. The lowest BCUT2D eigenvalue weighted by Crippen LogP contribution is -2.56. The number of carbonyl (C=O) groups excluding carboxylic acids is 1. The van der Waals surface area contributed by atoms with Crippen molar-refractivity contribution in [3.63, 3.8) is 0 Å². The molecule has 0 heterocycles. The maximum absolute atomic E-state index is 12.1. The summed E-state index contributed by atoms with van der Waals surface area (Å²) in [6.45, 7) is 2.22. The minimum absolute atomic E-state index is 0.195. The van der Waals surface area contributed by atoms with E-state index in [4.69, 9.17) is 5.73 Å². The Kier molecular flexibility index (Phi) is 4.41. The molecule has 0 spiro atoms. The van der Waals surface area contributed by atoms with E-state index in [-0.39, 0.29) is 6.54 Å². The van der Waals surface area contributed by atoms with Crippen LogP contribution in [-0.4, -0.2) is 24.2 Å². The summed E-state index contributed by atoms with van der Waals surface area (Å²) in [6, 6.07) is 0. The standard InChI is InChI=1S/C11H19F3N2O/c1-8-3-2-4-10(5-8,7-15)16-9(17)6-11(12,13)14/h8H,2-7,15H2,1H3,(H,16,17). The molecule has 17 heavy (non-hydrogen) atoms. The molecule has 0 aromatic carbocycles. The van der Waals surface area contributed by atoms with Crippen LogP contribution in [0.5, 0.6) is 0 Å². The fraction of sp³-hybridized carbons (Fsp3) is 0.909. The van der Waals surface area contributed by atoms with E-state index in [1.54, 1.807) is 0 Å². The molecule has 0 aromatic rings. The largest absolute Gasteiger partial charge is 0.397 e. The Morgan fingerprint density at radius 3 is 2.65 bits per heavy atom. The lowest BCUT2D eigenvalue weighted by molar-refractivity contribution is -0.155. The number of amides is 1. The van der Waals surface area contributed by atoms with Crippen LogP contribution in [0.4, 0.5) is 13.2 Å². The van der Waals surface area contributed by atoms with Crippen molar-refractivity contribution < 1.29 is 18.0 Å². The fourth-order valence-electron chi connectivity index (χ4n) is 2.53. The molecule has 1 rings (SSSR count). The van der Waals surface area contributed by atoms with Crippen molar-refractivity contribution in [2.45, 2.75) is 50.7 Å². The van der Waals surface area contributed by atoms with Gasteiger partial charge in [0.15, 0.2) is 0 Å². The van der Waals surface area contributed by atoms with Crippen molar-refractivity contribution in [2.24, 2.45) is 11.7 Å². The van der Waals surface area contributed by atoms with E-state index in [0.29, 0.717) is 18.8 Å². The third-order valence-electron chi connectivity index (χ3n) is 3.25. The van der Waals surface area contributed by atoms with Gasteiger partial charge in [-0.15, -0.1) is 0 Å². The molecule has 1 aliphatic rings. The van der Waals surface area contributed by atoms with Crippen LogP contribution in [0.25, 0.3) is 0 Å². The van der Waals surface area contributed by atoms with Crippen LogP contribution < -0.4 is 11.1 Å². The zero-order chi connectivity index (χ0) is 13.1. The van der Waals surface area contributed by atoms with Crippen molar-refractivity contribution in [2.75, 3.05) is 6.54 Å². The van der Waals surface area contributed by atoms with Crippen LogP contribution in [0, 0.1) is 5.92 Å². The van der Waals surface area contributed by atoms with Gasteiger partial charge in [-0.25, -0.2) is 0 Å². The highest BCUT2D eigenvalue weighted by Gasteiger charge is 2.38. The lowest BCUT2D eigenvalue weighted by atomic mass is 9.76. The highest BCUT2D eigenvalue weighted by molar-refractivity contribution is 5.77. The van der Waals surface area contributed by atoms with Gasteiger partial charge in [-0.2, -0.15) is 13.2 Å². The molecule has 3 nitrogen and oxygen atoms in total. The normalized spacial score (nSPS) is 30.1. The maximum atomic E-state index is 12.1. The van der Waals surface area contributed by atoms with Crippen molar-refractivity contribution >= 4 is 5.91 Å². The SMILES string of the molecule is CC1CCCC(CN)(NC(=O)CC(F)(F)F)C1. The third kappa shape index (κ3) is 4.53. The topological polar surface area (TPSA) is 55.1 Å². The average molecular weight is 252 g/mol. The predicted molar refractivity (Wildman–Crippen MR) is 58.2 cm³/mol. The summed E-state index contributed by atoms with van der Waals surface area (Å²) < 4.78 is 36.2. The van der Waals surface area contributed by atoms with Crippen LogP contribution >= 0.6 is 0 Å². The minimum atomic E-state index is -4.46. The lowest BCUT2D eigenvalue weighted by Gasteiger charge is -2.40. The number of alkyl halides is 3. The molecule has 0 saturated heterocycles.